The molecular weight excluding hydrogens is 648 g/mol. The Kier molecular flexibility index (Phi) is 10.4. The Morgan fingerprint density at radius 2 is 1.36 bits per heavy atom. The molecule has 0 unspecified atom stereocenters. The number of alkyl halides is 9. The van der Waals surface area contributed by atoms with Gasteiger partial charge in [-0.3, -0.25) is 4.79 Å². The Balaban J connectivity index is 2.20. The van der Waals surface area contributed by atoms with Crippen LogP contribution >= 0.6 is 11.6 Å². The minimum Gasteiger partial charge on any atom is -0.496 e. The minimum atomic E-state index is -5.23. The summed E-state index contributed by atoms with van der Waals surface area (Å²) < 4.78 is 142. The zero-order chi connectivity index (χ0) is 34.2. The first-order valence-electron chi connectivity index (χ1n) is 13.1. The van der Waals surface area contributed by atoms with Crippen molar-refractivity contribution in [3.63, 3.8) is 0 Å². The topological polar surface area (TPSA) is 49.8 Å². The van der Waals surface area contributed by atoms with Gasteiger partial charge in [-0.25, -0.2) is 4.39 Å². The van der Waals surface area contributed by atoms with Crippen molar-refractivity contribution in [3.05, 3.63) is 86.7 Å². The van der Waals surface area contributed by atoms with Gasteiger partial charge in [-0.2, -0.15) is 39.5 Å². The molecule has 0 spiro atoms. The second kappa shape index (κ2) is 13.1. The number of benzene rings is 3. The summed E-state index contributed by atoms with van der Waals surface area (Å²) in [7, 11) is 1.17. The van der Waals surface area contributed by atoms with Crippen LogP contribution in [0.2, 0.25) is 5.02 Å². The predicted octanol–water partition coefficient (Wildman–Crippen LogP) is 9.41. The number of rotatable bonds is 9. The van der Waals surface area contributed by atoms with Crippen molar-refractivity contribution in [2.24, 2.45) is 0 Å². The minimum absolute atomic E-state index is 0.0445. The summed E-state index contributed by atoms with van der Waals surface area (Å²) in [5.41, 5.74) is -5.74. The van der Waals surface area contributed by atoms with E-state index in [4.69, 9.17) is 16.3 Å². The highest BCUT2D eigenvalue weighted by Crippen LogP contribution is 2.44. The standard InChI is InChI=1S/C30H26ClF10NO3/c1-14(2)21-10-22(25(45-4)11-24(21)32)26-17(7-20(9-23(26)31)30(39,40)41)12-42(13-43)15(3)27(44)16-5-18(28(33,34)35)8-19(6-16)29(36,37)38/h5-11,13-15,27,44H,12H2,1-4H3/t15-,27-/m0/s1. The maximum Gasteiger partial charge on any atom is 0.416 e. The first-order chi connectivity index (χ1) is 20.6. The van der Waals surface area contributed by atoms with Gasteiger partial charge in [0.15, 0.2) is 0 Å². The number of aliphatic hydroxyl groups excluding tert-OH is 1. The van der Waals surface area contributed by atoms with Crippen molar-refractivity contribution in [2.75, 3.05) is 7.11 Å². The number of amides is 1. The van der Waals surface area contributed by atoms with Gasteiger partial charge in [-0.15, -0.1) is 0 Å². The fourth-order valence-electron chi connectivity index (χ4n) is 4.72. The number of nitrogens with zero attached hydrogens (tertiary/aromatic N) is 1. The molecule has 0 saturated carbocycles. The summed E-state index contributed by atoms with van der Waals surface area (Å²) in [6, 6.07) is 2.39. The molecule has 0 aromatic heterocycles. The molecule has 3 aromatic rings. The second-order valence-corrected chi connectivity index (χ2v) is 10.9. The molecule has 3 aromatic carbocycles. The van der Waals surface area contributed by atoms with Gasteiger partial charge in [0.1, 0.15) is 11.6 Å². The summed E-state index contributed by atoms with van der Waals surface area (Å²) in [6.45, 7) is 3.62. The van der Waals surface area contributed by atoms with Crippen LogP contribution in [0.5, 0.6) is 5.75 Å². The molecule has 3 rings (SSSR count). The van der Waals surface area contributed by atoms with E-state index in [1.54, 1.807) is 13.8 Å². The molecule has 0 aliphatic heterocycles. The monoisotopic (exact) mass is 673 g/mol. The molecule has 1 N–H and O–H groups in total. The molecule has 0 aliphatic rings. The van der Waals surface area contributed by atoms with Gasteiger partial charge in [-0.1, -0.05) is 25.4 Å². The zero-order valence-electron chi connectivity index (χ0n) is 23.9. The van der Waals surface area contributed by atoms with Crippen LogP contribution in [0.1, 0.15) is 66.2 Å². The summed E-state index contributed by atoms with van der Waals surface area (Å²) in [4.78, 5) is 12.9. The third-order valence-electron chi connectivity index (χ3n) is 7.13. The fraction of sp³-hybridized carbons (Fsp3) is 0.367. The summed E-state index contributed by atoms with van der Waals surface area (Å²) in [5.74, 6) is -1.21. The van der Waals surface area contributed by atoms with Gasteiger partial charge in [0.05, 0.1) is 35.9 Å². The molecule has 0 bridgehead atoms. The maximum atomic E-state index is 14.7. The first kappa shape index (κ1) is 36.0. The van der Waals surface area contributed by atoms with Crippen molar-refractivity contribution >= 4 is 18.0 Å². The molecule has 2 atom stereocenters. The van der Waals surface area contributed by atoms with E-state index in [0.717, 1.165) is 13.0 Å². The molecule has 45 heavy (non-hydrogen) atoms. The van der Waals surface area contributed by atoms with Crippen LogP contribution in [0.4, 0.5) is 43.9 Å². The van der Waals surface area contributed by atoms with Gasteiger partial charge in [0, 0.05) is 28.8 Å². The van der Waals surface area contributed by atoms with E-state index >= 15 is 0 Å². The van der Waals surface area contributed by atoms with Gasteiger partial charge < -0.3 is 14.7 Å². The highest BCUT2D eigenvalue weighted by atomic mass is 35.5. The molecule has 15 heteroatoms. The summed E-state index contributed by atoms with van der Waals surface area (Å²) in [6.07, 6.45) is -17.5. The highest BCUT2D eigenvalue weighted by molar-refractivity contribution is 6.33. The van der Waals surface area contributed by atoms with E-state index in [2.05, 4.69) is 0 Å². The molecular formula is C30H26ClF10NO3. The van der Waals surface area contributed by atoms with Crippen molar-refractivity contribution in [2.45, 2.75) is 63.9 Å². The number of carbonyl (C=O) groups is 1. The zero-order valence-corrected chi connectivity index (χ0v) is 24.7. The third-order valence-corrected chi connectivity index (χ3v) is 7.43. The van der Waals surface area contributed by atoms with E-state index in [-0.39, 0.29) is 52.6 Å². The van der Waals surface area contributed by atoms with Gasteiger partial charge in [0.25, 0.3) is 0 Å². The predicted molar refractivity (Wildman–Crippen MR) is 145 cm³/mol. The van der Waals surface area contributed by atoms with Gasteiger partial charge in [0.2, 0.25) is 6.41 Å². The largest absolute Gasteiger partial charge is 0.496 e. The molecule has 0 aliphatic carbocycles. The highest BCUT2D eigenvalue weighted by Gasteiger charge is 2.39. The van der Waals surface area contributed by atoms with Gasteiger partial charge >= 0.3 is 18.5 Å². The molecule has 1 amide bonds. The molecule has 0 heterocycles. The molecule has 4 nitrogen and oxygen atoms in total. The van der Waals surface area contributed by atoms with Crippen LogP contribution in [0.15, 0.2) is 42.5 Å². The molecule has 246 valence electrons. The Hall–Kier alpha value is -3.52. The Labute approximate surface area is 256 Å². The van der Waals surface area contributed by atoms with Crippen molar-refractivity contribution < 1.29 is 58.5 Å². The number of aliphatic hydroxyl groups is 1. The first-order valence-corrected chi connectivity index (χ1v) is 13.4. The lowest BCUT2D eigenvalue weighted by molar-refractivity contribution is -0.143. The van der Waals surface area contributed by atoms with Crippen molar-refractivity contribution in [3.8, 4) is 16.9 Å². The number of carbonyl (C=O) groups excluding carboxylic acids is 1. The van der Waals surface area contributed by atoms with Crippen LogP contribution < -0.4 is 4.74 Å². The quantitative estimate of drug-likeness (QED) is 0.182. The molecule has 0 radical (unpaired) electrons. The lowest BCUT2D eigenvalue weighted by atomic mass is 9.91. The van der Waals surface area contributed by atoms with E-state index in [9.17, 15) is 53.8 Å². The number of methoxy groups -OCH3 is 1. The lowest BCUT2D eigenvalue weighted by Gasteiger charge is -2.31. The molecule has 0 fully saturated rings. The van der Waals surface area contributed by atoms with Crippen LogP contribution in [-0.4, -0.2) is 29.6 Å². The van der Waals surface area contributed by atoms with E-state index in [0.29, 0.717) is 17.0 Å². The normalized spacial score (nSPS) is 14.0. The van der Waals surface area contributed by atoms with Crippen LogP contribution in [0.3, 0.4) is 0 Å². The lowest BCUT2D eigenvalue weighted by Crippen LogP contribution is -2.36. The third kappa shape index (κ3) is 8.01. The number of hydrogen-bond acceptors (Lipinski definition) is 3. The number of ether oxygens (including phenoxy) is 1. The SMILES string of the molecule is COc1cc(F)c(C(C)C)cc1-c1c(Cl)cc(C(F)(F)F)cc1CN(C=O)[C@@H](C)[C@H](O)c1cc(C(F)(F)F)cc(C(F)(F)F)c1. The second-order valence-electron chi connectivity index (χ2n) is 10.5. The van der Waals surface area contributed by atoms with Gasteiger partial charge in [-0.05, 0) is 65.9 Å². The fourth-order valence-corrected chi connectivity index (χ4v) is 5.06. The van der Waals surface area contributed by atoms with E-state index < -0.39 is 76.2 Å². The molecule has 0 saturated heterocycles. The number of halogens is 11. The smallest absolute Gasteiger partial charge is 0.416 e. The summed E-state index contributed by atoms with van der Waals surface area (Å²) in [5, 5.41) is 10.4. The van der Waals surface area contributed by atoms with Crippen molar-refractivity contribution in [1.82, 2.24) is 4.90 Å². The number of hydrogen-bond donors (Lipinski definition) is 1. The average molecular weight is 674 g/mol. The maximum absolute atomic E-state index is 14.7. The Morgan fingerprint density at radius 3 is 1.80 bits per heavy atom. The van der Waals surface area contributed by atoms with E-state index in [1.165, 1.54) is 13.2 Å². The van der Waals surface area contributed by atoms with E-state index in [1.807, 2.05) is 0 Å². The van der Waals surface area contributed by atoms with Crippen LogP contribution in [0, 0.1) is 5.82 Å². The van der Waals surface area contributed by atoms with Crippen LogP contribution in [0.25, 0.3) is 11.1 Å². The average Bonchev–Trinajstić information content (AvgIpc) is 2.93. The van der Waals surface area contributed by atoms with Crippen molar-refractivity contribution in [1.29, 1.82) is 0 Å². The Bertz CT molecular complexity index is 1520. The van der Waals surface area contributed by atoms with Crippen LogP contribution in [-0.2, 0) is 29.9 Å². The Morgan fingerprint density at radius 1 is 0.844 bits per heavy atom. The summed E-state index contributed by atoms with van der Waals surface area (Å²) >= 11 is 6.34.